The number of carboxylic acid groups (broad SMARTS) is 2. The topological polar surface area (TPSA) is 208 Å². The number of amides is 3. The van der Waals surface area contributed by atoms with Gasteiger partial charge in [0.05, 0.1) is 18.6 Å². The van der Waals surface area contributed by atoms with Gasteiger partial charge >= 0.3 is 11.9 Å². The quantitative estimate of drug-likeness (QED) is 0.166. The number of rotatable bonds is 14. The molecule has 0 rings (SSSR count). The zero-order valence-electron chi connectivity index (χ0n) is 19.1. The Bertz CT molecular complexity index is 683. The van der Waals surface area contributed by atoms with E-state index in [1.807, 2.05) is 6.92 Å². The van der Waals surface area contributed by atoms with Crippen LogP contribution in [0.4, 0.5) is 0 Å². The maximum atomic E-state index is 12.8. The van der Waals surface area contributed by atoms with Crippen LogP contribution in [0.25, 0.3) is 0 Å². The maximum Gasteiger partial charge on any atom is 0.326 e. The van der Waals surface area contributed by atoms with Crippen LogP contribution in [0.15, 0.2) is 0 Å². The molecule has 0 fully saturated rings. The Hall–Kier alpha value is -2.73. The molecule has 0 saturated heterocycles. The molecule has 0 aliphatic carbocycles. The standard InChI is InChI=1S/C20H36N4O8/c1-6-10(4)15(21)18(29)24-16(11(5)25)19(30)22-12(7-9(2)3)17(28)23-13(20(31)32)8-14(26)27/h9-13,15-16,25H,6-8,21H2,1-5H3,(H,22,30)(H,23,28)(H,24,29)(H,26,27)(H,31,32). The van der Waals surface area contributed by atoms with E-state index >= 15 is 0 Å². The highest BCUT2D eigenvalue weighted by Gasteiger charge is 2.33. The molecule has 3 amide bonds. The maximum absolute atomic E-state index is 12.8. The summed E-state index contributed by atoms with van der Waals surface area (Å²) in [5.41, 5.74) is 5.87. The molecule has 32 heavy (non-hydrogen) atoms. The van der Waals surface area contributed by atoms with Crippen molar-refractivity contribution in [2.24, 2.45) is 17.6 Å². The number of aliphatic hydroxyl groups is 1. The van der Waals surface area contributed by atoms with Gasteiger partial charge < -0.3 is 37.0 Å². The summed E-state index contributed by atoms with van der Waals surface area (Å²) < 4.78 is 0. The Labute approximate surface area is 187 Å². The van der Waals surface area contributed by atoms with Crippen LogP contribution in [-0.2, 0) is 24.0 Å². The van der Waals surface area contributed by atoms with Gasteiger partial charge in [-0.3, -0.25) is 19.2 Å². The van der Waals surface area contributed by atoms with Crippen LogP contribution in [0.2, 0.25) is 0 Å². The first-order valence-corrected chi connectivity index (χ1v) is 10.5. The number of hydrogen-bond donors (Lipinski definition) is 7. The van der Waals surface area contributed by atoms with Crippen molar-refractivity contribution in [1.29, 1.82) is 0 Å². The molecule has 0 spiro atoms. The molecule has 12 heteroatoms. The molecule has 6 atom stereocenters. The van der Waals surface area contributed by atoms with Crippen molar-refractivity contribution in [3.63, 3.8) is 0 Å². The van der Waals surface area contributed by atoms with E-state index < -0.39 is 66.4 Å². The minimum absolute atomic E-state index is 0.101. The summed E-state index contributed by atoms with van der Waals surface area (Å²) >= 11 is 0. The van der Waals surface area contributed by atoms with Gasteiger partial charge in [-0.15, -0.1) is 0 Å². The smallest absolute Gasteiger partial charge is 0.326 e. The van der Waals surface area contributed by atoms with Gasteiger partial charge in [0.25, 0.3) is 0 Å². The van der Waals surface area contributed by atoms with E-state index in [9.17, 15) is 29.1 Å². The van der Waals surface area contributed by atoms with Crippen molar-refractivity contribution in [2.75, 3.05) is 0 Å². The zero-order chi connectivity index (χ0) is 25.2. The van der Waals surface area contributed by atoms with Crippen LogP contribution in [0.5, 0.6) is 0 Å². The van der Waals surface area contributed by atoms with Gasteiger partial charge in [-0.05, 0) is 25.2 Å². The fourth-order valence-electron chi connectivity index (χ4n) is 2.78. The van der Waals surface area contributed by atoms with Crippen molar-refractivity contribution in [2.45, 2.75) is 84.2 Å². The van der Waals surface area contributed by atoms with Gasteiger partial charge in [0.2, 0.25) is 17.7 Å². The number of carboxylic acids is 2. The molecule has 12 nitrogen and oxygen atoms in total. The molecular weight excluding hydrogens is 424 g/mol. The van der Waals surface area contributed by atoms with Crippen LogP contribution in [-0.4, -0.2) is 75.3 Å². The lowest BCUT2D eigenvalue weighted by molar-refractivity contribution is -0.147. The summed E-state index contributed by atoms with van der Waals surface area (Å²) in [6.07, 6.45) is -1.44. The highest BCUT2D eigenvalue weighted by molar-refractivity contribution is 5.94. The van der Waals surface area contributed by atoms with Gasteiger partial charge in [-0.25, -0.2) is 4.79 Å². The highest BCUT2D eigenvalue weighted by Crippen LogP contribution is 2.09. The Morgan fingerprint density at radius 1 is 0.844 bits per heavy atom. The zero-order valence-corrected chi connectivity index (χ0v) is 19.1. The second-order valence-electron chi connectivity index (χ2n) is 8.33. The monoisotopic (exact) mass is 460 g/mol. The van der Waals surface area contributed by atoms with Gasteiger partial charge in [-0.2, -0.15) is 0 Å². The number of aliphatic carboxylic acids is 2. The van der Waals surface area contributed by atoms with Gasteiger partial charge in [-0.1, -0.05) is 34.1 Å². The van der Waals surface area contributed by atoms with E-state index in [1.54, 1.807) is 20.8 Å². The molecule has 0 aliphatic heterocycles. The summed E-state index contributed by atoms with van der Waals surface area (Å²) in [6.45, 7) is 8.42. The molecule has 8 N–H and O–H groups in total. The normalized spacial score (nSPS) is 16.8. The lowest BCUT2D eigenvalue weighted by Gasteiger charge is -2.27. The molecule has 0 aromatic carbocycles. The fraction of sp³-hybridized carbons (Fsp3) is 0.750. The summed E-state index contributed by atoms with van der Waals surface area (Å²) in [6, 6.07) is -5.22. The SMILES string of the molecule is CCC(C)C(N)C(=O)NC(C(=O)NC(CC(C)C)C(=O)NC(CC(=O)O)C(=O)O)C(C)O. The van der Waals surface area contributed by atoms with Crippen LogP contribution in [0, 0.1) is 11.8 Å². The third-order valence-corrected chi connectivity index (χ3v) is 4.96. The van der Waals surface area contributed by atoms with Crippen molar-refractivity contribution in [3.8, 4) is 0 Å². The lowest BCUT2D eigenvalue weighted by Crippen LogP contribution is -2.60. The molecule has 0 saturated carbocycles. The van der Waals surface area contributed by atoms with Crippen molar-refractivity contribution < 1.29 is 39.3 Å². The second kappa shape index (κ2) is 13.6. The first-order chi connectivity index (χ1) is 14.7. The average Bonchev–Trinajstić information content (AvgIpc) is 2.68. The van der Waals surface area contributed by atoms with Crippen LogP contribution in [0.3, 0.4) is 0 Å². The fourth-order valence-corrected chi connectivity index (χ4v) is 2.78. The third kappa shape index (κ3) is 10.1. The van der Waals surface area contributed by atoms with E-state index in [0.29, 0.717) is 6.42 Å². The predicted octanol–water partition coefficient (Wildman–Crippen LogP) is -1.20. The summed E-state index contributed by atoms with van der Waals surface area (Å²) in [5.74, 6) is -5.64. The van der Waals surface area contributed by atoms with E-state index in [0.717, 1.165) is 0 Å². The first kappa shape index (κ1) is 29.3. The van der Waals surface area contributed by atoms with E-state index in [2.05, 4.69) is 16.0 Å². The van der Waals surface area contributed by atoms with Crippen molar-refractivity contribution in [3.05, 3.63) is 0 Å². The van der Waals surface area contributed by atoms with Crippen LogP contribution in [0.1, 0.15) is 53.9 Å². The number of nitrogens with two attached hydrogens (primary N) is 1. The van der Waals surface area contributed by atoms with E-state index in [1.165, 1.54) is 6.92 Å². The molecule has 0 radical (unpaired) electrons. The summed E-state index contributed by atoms with van der Waals surface area (Å²) in [5, 5.41) is 34.9. The molecule has 0 bridgehead atoms. The Balaban J connectivity index is 5.49. The Morgan fingerprint density at radius 2 is 1.38 bits per heavy atom. The van der Waals surface area contributed by atoms with E-state index in [4.69, 9.17) is 15.9 Å². The molecule has 6 unspecified atom stereocenters. The number of carbonyl (C=O) groups excluding carboxylic acids is 3. The molecule has 184 valence electrons. The van der Waals surface area contributed by atoms with E-state index in [-0.39, 0.29) is 18.3 Å². The second-order valence-corrected chi connectivity index (χ2v) is 8.33. The molecule has 0 aromatic rings. The van der Waals surface area contributed by atoms with Crippen molar-refractivity contribution in [1.82, 2.24) is 16.0 Å². The largest absolute Gasteiger partial charge is 0.481 e. The first-order valence-electron chi connectivity index (χ1n) is 10.5. The molecule has 0 heterocycles. The summed E-state index contributed by atoms with van der Waals surface area (Å²) in [4.78, 5) is 59.8. The van der Waals surface area contributed by atoms with Crippen LogP contribution < -0.4 is 21.7 Å². The summed E-state index contributed by atoms with van der Waals surface area (Å²) in [7, 11) is 0. The average molecular weight is 461 g/mol. The van der Waals surface area contributed by atoms with Crippen LogP contribution >= 0.6 is 0 Å². The number of aliphatic hydroxyl groups excluding tert-OH is 1. The number of nitrogens with one attached hydrogen (secondary N) is 3. The van der Waals surface area contributed by atoms with Gasteiger partial charge in [0.15, 0.2) is 0 Å². The minimum atomic E-state index is -1.69. The number of carbonyl (C=O) groups is 5. The minimum Gasteiger partial charge on any atom is -0.481 e. The number of hydrogen-bond acceptors (Lipinski definition) is 7. The molecule has 0 aromatic heterocycles. The van der Waals surface area contributed by atoms with Gasteiger partial charge in [0.1, 0.15) is 18.1 Å². The van der Waals surface area contributed by atoms with Gasteiger partial charge in [0, 0.05) is 0 Å². The third-order valence-electron chi connectivity index (χ3n) is 4.96. The highest BCUT2D eigenvalue weighted by atomic mass is 16.4. The van der Waals surface area contributed by atoms with Crippen molar-refractivity contribution >= 4 is 29.7 Å². The predicted molar refractivity (Wildman–Crippen MR) is 114 cm³/mol. The Morgan fingerprint density at radius 3 is 1.78 bits per heavy atom. The molecule has 0 aliphatic rings. The lowest BCUT2D eigenvalue weighted by atomic mass is 9.98. The Kier molecular flexibility index (Phi) is 12.5. The molecular formula is C20H36N4O8.